The molecule has 3 aliphatic heterocycles. The number of aliphatic hydroxyl groups is 8. The first kappa shape index (κ1) is 41.9. The van der Waals surface area contributed by atoms with Crippen LogP contribution in [0.25, 0.3) is 22.3 Å². The first-order valence-electron chi connectivity index (χ1n) is 18.4. The molecular weight excluding hydrogens is 740 g/mol. The molecule has 0 saturated carbocycles. The van der Waals surface area contributed by atoms with Gasteiger partial charge >= 0.3 is 0 Å². The van der Waals surface area contributed by atoms with Crippen molar-refractivity contribution in [3.63, 3.8) is 0 Å². The van der Waals surface area contributed by atoms with Gasteiger partial charge in [0.25, 0.3) is 0 Å². The highest BCUT2D eigenvalue weighted by molar-refractivity contribution is 5.86. The highest BCUT2D eigenvalue weighted by atomic mass is 16.8. The van der Waals surface area contributed by atoms with E-state index in [1.165, 1.54) is 26.2 Å². The molecule has 0 spiro atoms. The molecule has 0 radical (unpaired) electrons. The summed E-state index contributed by atoms with van der Waals surface area (Å²) in [5.74, 6) is 0.278. The van der Waals surface area contributed by atoms with Gasteiger partial charge in [-0.15, -0.1) is 0 Å². The van der Waals surface area contributed by atoms with Crippen LogP contribution in [0.2, 0.25) is 0 Å². The lowest BCUT2D eigenvalue weighted by Gasteiger charge is -2.43. The number of benzene rings is 2. The summed E-state index contributed by atoms with van der Waals surface area (Å²) in [7, 11) is 1.50. The molecule has 2 aromatic carbocycles. The molecule has 0 aliphatic carbocycles. The van der Waals surface area contributed by atoms with E-state index >= 15 is 0 Å². The molecule has 3 fully saturated rings. The van der Waals surface area contributed by atoms with Gasteiger partial charge in [-0.1, -0.05) is 11.6 Å². The zero-order valence-electron chi connectivity index (χ0n) is 31.5. The van der Waals surface area contributed by atoms with E-state index < -0.39 is 98.0 Å². The van der Waals surface area contributed by atoms with Gasteiger partial charge in [-0.05, 0) is 70.5 Å². The Morgan fingerprint density at radius 2 is 1.45 bits per heavy atom. The molecule has 308 valence electrons. The Balaban J connectivity index is 1.46. The molecule has 4 heterocycles. The fraction of sp³-hybridized carbons (Fsp3) is 0.564. The topological polar surface area (TPSA) is 257 Å². The Labute approximate surface area is 321 Å². The van der Waals surface area contributed by atoms with Crippen molar-refractivity contribution in [3.05, 3.63) is 63.8 Å². The van der Waals surface area contributed by atoms with Gasteiger partial charge in [0.05, 0.1) is 37.4 Å². The predicted octanol–water partition coefficient (Wildman–Crippen LogP) is 0.243. The average Bonchev–Trinajstić information content (AvgIpc) is 3.18. The second kappa shape index (κ2) is 17.4. The van der Waals surface area contributed by atoms with Crippen LogP contribution in [0.5, 0.6) is 17.2 Å². The molecule has 0 bridgehead atoms. The third kappa shape index (κ3) is 8.45. The minimum atomic E-state index is -1.71. The minimum absolute atomic E-state index is 0.0455. The minimum Gasteiger partial charge on any atom is -0.497 e. The van der Waals surface area contributed by atoms with E-state index in [1.54, 1.807) is 31.2 Å². The van der Waals surface area contributed by atoms with Crippen LogP contribution in [-0.2, 0) is 25.4 Å². The van der Waals surface area contributed by atoms with Crippen molar-refractivity contribution in [1.82, 2.24) is 0 Å². The summed E-state index contributed by atoms with van der Waals surface area (Å²) in [6.45, 7) is 6.17. The predicted molar refractivity (Wildman–Crippen MR) is 195 cm³/mol. The molecule has 0 amide bonds. The number of hydrogen-bond donors (Lipinski definition) is 8. The van der Waals surface area contributed by atoms with Crippen LogP contribution in [0.4, 0.5) is 0 Å². The van der Waals surface area contributed by atoms with Gasteiger partial charge in [0.2, 0.25) is 23.8 Å². The summed E-state index contributed by atoms with van der Waals surface area (Å²) in [5, 5.41) is 83.3. The van der Waals surface area contributed by atoms with Gasteiger partial charge in [-0.2, -0.15) is 0 Å². The molecule has 3 aromatic rings. The van der Waals surface area contributed by atoms with Gasteiger partial charge in [0.1, 0.15) is 65.9 Å². The zero-order chi connectivity index (χ0) is 40.6. The fourth-order valence-electron chi connectivity index (χ4n) is 6.79. The molecule has 14 atom stereocenters. The van der Waals surface area contributed by atoms with Crippen LogP contribution in [0.3, 0.4) is 0 Å². The summed E-state index contributed by atoms with van der Waals surface area (Å²) in [5.41, 5.74) is 1.08. The molecule has 56 heavy (non-hydrogen) atoms. The standard InChI is InChI=1S/C39H50O17/c1-16(2)6-11-21-24(52-39-33(48)31(46)29(44)26(15-40)54-39)13-12-22-28(43)36(34(55-35(21)22)19-7-9-20(49-5)10-8-19)56-37-25(14-23(41)17(3)50-37)53-38-32(47)30(45)27(42)18(4)51-38/h6-10,12-13,17-18,23,25-27,29-33,37-42,44-48H,11,14-15H2,1-5H3. The normalized spacial score (nSPS) is 34.9. The summed E-state index contributed by atoms with van der Waals surface area (Å²) in [6.07, 6.45) is -17.3. The Kier molecular flexibility index (Phi) is 13.1. The van der Waals surface area contributed by atoms with E-state index in [-0.39, 0.29) is 41.1 Å². The molecule has 17 nitrogen and oxygen atoms in total. The SMILES string of the molecule is COc1ccc(-c2oc3c(CC=C(C)C)c(OC4OC(CO)C(O)C(O)C4O)ccc3c(=O)c2OC2OC(C)C(O)CC2OC2OC(C)C(O)C(O)C2O)cc1. The summed E-state index contributed by atoms with van der Waals surface area (Å²) in [4.78, 5) is 14.7. The largest absolute Gasteiger partial charge is 0.497 e. The Morgan fingerprint density at radius 3 is 2.11 bits per heavy atom. The number of fused-ring (bicyclic) bond motifs is 1. The third-order valence-electron chi connectivity index (χ3n) is 10.3. The van der Waals surface area contributed by atoms with Gasteiger partial charge < -0.3 is 78.4 Å². The lowest BCUT2D eigenvalue weighted by Crippen LogP contribution is -2.60. The van der Waals surface area contributed by atoms with Crippen molar-refractivity contribution in [1.29, 1.82) is 0 Å². The number of hydrogen-bond acceptors (Lipinski definition) is 17. The van der Waals surface area contributed by atoms with E-state index in [0.29, 0.717) is 16.9 Å². The highest BCUT2D eigenvalue weighted by Crippen LogP contribution is 2.39. The first-order valence-corrected chi connectivity index (χ1v) is 18.4. The number of aliphatic hydroxyl groups excluding tert-OH is 8. The van der Waals surface area contributed by atoms with Crippen LogP contribution in [0, 0.1) is 0 Å². The fourth-order valence-corrected chi connectivity index (χ4v) is 6.79. The lowest BCUT2D eigenvalue weighted by atomic mass is 9.99. The Morgan fingerprint density at radius 1 is 0.786 bits per heavy atom. The number of allylic oxidation sites excluding steroid dienone is 2. The average molecular weight is 791 g/mol. The van der Waals surface area contributed by atoms with Gasteiger partial charge in [0, 0.05) is 17.5 Å². The smallest absolute Gasteiger partial charge is 0.235 e. The molecule has 3 aliphatic rings. The second-order valence-corrected chi connectivity index (χ2v) is 14.5. The van der Waals surface area contributed by atoms with E-state index in [4.69, 9.17) is 37.6 Å². The number of methoxy groups -OCH3 is 1. The summed E-state index contributed by atoms with van der Waals surface area (Å²) < 4.78 is 47.7. The van der Waals surface area contributed by atoms with Crippen molar-refractivity contribution in [2.75, 3.05) is 13.7 Å². The second-order valence-electron chi connectivity index (χ2n) is 14.5. The highest BCUT2D eigenvalue weighted by Gasteiger charge is 2.47. The molecule has 17 heteroatoms. The van der Waals surface area contributed by atoms with E-state index in [9.17, 15) is 45.6 Å². The Hall–Kier alpha value is -3.69. The zero-order valence-corrected chi connectivity index (χ0v) is 31.5. The van der Waals surface area contributed by atoms with Crippen LogP contribution in [0.15, 0.2) is 57.3 Å². The Bertz CT molecular complexity index is 1890. The molecule has 3 saturated heterocycles. The molecule has 14 unspecified atom stereocenters. The summed E-state index contributed by atoms with van der Waals surface area (Å²) in [6, 6.07) is 9.45. The molecular formula is C39H50O17. The van der Waals surface area contributed by atoms with Gasteiger partial charge in [-0.25, -0.2) is 0 Å². The summed E-state index contributed by atoms with van der Waals surface area (Å²) >= 11 is 0. The van der Waals surface area contributed by atoms with Crippen molar-refractivity contribution in [2.45, 2.75) is 127 Å². The van der Waals surface area contributed by atoms with Crippen LogP contribution < -0.4 is 19.6 Å². The quantitative estimate of drug-likeness (QED) is 0.121. The van der Waals surface area contributed by atoms with Gasteiger partial charge in [-0.3, -0.25) is 4.79 Å². The molecule has 1 aromatic heterocycles. The monoisotopic (exact) mass is 790 g/mol. The number of rotatable bonds is 11. The van der Waals surface area contributed by atoms with E-state index in [1.807, 2.05) is 19.9 Å². The van der Waals surface area contributed by atoms with E-state index in [2.05, 4.69) is 0 Å². The van der Waals surface area contributed by atoms with Crippen molar-refractivity contribution in [2.24, 2.45) is 0 Å². The number of ether oxygens (including phenoxy) is 7. The van der Waals surface area contributed by atoms with Crippen molar-refractivity contribution < 1.29 is 78.4 Å². The first-order chi connectivity index (χ1) is 26.6. The third-order valence-corrected chi connectivity index (χ3v) is 10.3. The van der Waals surface area contributed by atoms with Crippen LogP contribution in [0.1, 0.15) is 39.7 Å². The van der Waals surface area contributed by atoms with E-state index in [0.717, 1.165) is 5.57 Å². The maximum Gasteiger partial charge on any atom is 0.235 e. The molecule has 6 rings (SSSR count). The van der Waals surface area contributed by atoms with Gasteiger partial charge in [0.15, 0.2) is 12.1 Å². The van der Waals surface area contributed by atoms with Crippen molar-refractivity contribution >= 4 is 11.0 Å². The molecule has 8 N–H and O–H groups in total. The van der Waals surface area contributed by atoms with Crippen LogP contribution >= 0.6 is 0 Å². The van der Waals surface area contributed by atoms with Crippen LogP contribution in [-0.4, -0.2) is 141 Å². The maximum absolute atomic E-state index is 14.7. The maximum atomic E-state index is 14.7. The lowest BCUT2D eigenvalue weighted by molar-refractivity contribution is -0.335. The van der Waals surface area contributed by atoms with Crippen molar-refractivity contribution in [3.8, 4) is 28.6 Å².